The summed E-state index contributed by atoms with van der Waals surface area (Å²) in [6.45, 7) is 3.85. The van der Waals surface area contributed by atoms with Gasteiger partial charge in [-0.2, -0.15) is 0 Å². The third-order valence-corrected chi connectivity index (χ3v) is 5.87. The van der Waals surface area contributed by atoms with Gasteiger partial charge in [-0.1, -0.05) is 24.3 Å². The van der Waals surface area contributed by atoms with Crippen LogP contribution in [0.15, 0.2) is 42.5 Å². The van der Waals surface area contributed by atoms with Gasteiger partial charge in [0, 0.05) is 30.8 Å². The average molecular weight is 450 g/mol. The molecule has 0 aromatic heterocycles. The highest BCUT2D eigenvalue weighted by Crippen LogP contribution is 2.28. The molecule has 4 rings (SSSR count). The average Bonchev–Trinajstić information content (AvgIpc) is 3.08. The lowest BCUT2D eigenvalue weighted by Crippen LogP contribution is -2.52. The molecule has 0 saturated carbocycles. The van der Waals surface area contributed by atoms with Crippen molar-refractivity contribution in [1.82, 2.24) is 15.5 Å². The molecule has 1 unspecified atom stereocenters. The fourth-order valence-corrected chi connectivity index (χ4v) is 4.05. The van der Waals surface area contributed by atoms with Gasteiger partial charge in [-0.3, -0.25) is 19.7 Å². The number of anilines is 1. The Balaban J connectivity index is 1.38. The molecule has 2 heterocycles. The van der Waals surface area contributed by atoms with E-state index in [1.165, 1.54) is 4.90 Å². The molecule has 5 amide bonds. The number of piperidine rings is 1. The van der Waals surface area contributed by atoms with Gasteiger partial charge in [0.05, 0.1) is 5.60 Å². The van der Waals surface area contributed by atoms with Crippen LogP contribution in [0.3, 0.4) is 0 Å². The first-order valence-corrected chi connectivity index (χ1v) is 10.8. The number of urea groups is 1. The SMILES string of the molecule is CC(C)(O)c1cccc(NC(=O)NCc2ccc3c(c2)C(=O)N(C2CCC(=O)NC2=O)C3)c1. The van der Waals surface area contributed by atoms with E-state index in [-0.39, 0.29) is 24.8 Å². The summed E-state index contributed by atoms with van der Waals surface area (Å²) in [5.41, 5.74) is 2.26. The van der Waals surface area contributed by atoms with Crippen LogP contribution < -0.4 is 16.0 Å². The normalized spacial score (nSPS) is 18.1. The second-order valence-electron chi connectivity index (χ2n) is 8.84. The Labute approximate surface area is 191 Å². The van der Waals surface area contributed by atoms with Crippen LogP contribution in [-0.4, -0.2) is 39.8 Å². The number of carbonyl (C=O) groups excluding carboxylic acids is 4. The summed E-state index contributed by atoms with van der Waals surface area (Å²) in [5.74, 6) is -1.02. The number of rotatable bonds is 5. The van der Waals surface area contributed by atoms with Gasteiger partial charge in [-0.25, -0.2) is 4.79 Å². The first-order chi connectivity index (χ1) is 15.6. The van der Waals surface area contributed by atoms with E-state index in [1.54, 1.807) is 44.2 Å². The van der Waals surface area contributed by atoms with Crippen molar-refractivity contribution < 1.29 is 24.3 Å². The molecule has 0 radical (unpaired) electrons. The van der Waals surface area contributed by atoms with Crippen molar-refractivity contribution in [2.75, 3.05) is 5.32 Å². The zero-order chi connectivity index (χ0) is 23.8. The summed E-state index contributed by atoms with van der Waals surface area (Å²) >= 11 is 0. The lowest BCUT2D eigenvalue weighted by Gasteiger charge is -2.29. The van der Waals surface area contributed by atoms with Crippen LogP contribution in [0.1, 0.15) is 53.7 Å². The number of nitrogens with one attached hydrogen (secondary N) is 3. The second kappa shape index (κ2) is 8.67. The second-order valence-corrected chi connectivity index (χ2v) is 8.84. The van der Waals surface area contributed by atoms with Gasteiger partial charge in [0.15, 0.2) is 0 Å². The monoisotopic (exact) mass is 450 g/mol. The molecule has 1 saturated heterocycles. The summed E-state index contributed by atoms with van der Waals surface area (Å²) in [7, 11) is 0. The van der Waals surface area contributed by atoms with E-state index in [0.717, 1.165) is 11.1 Å². The maximum Gasteiger partial charge on any atom is 0.319 e. The fraction of sp³-hybridized carbons (Fsp3) is 0.333. The lowest BCUT2D eigenvalue weighted by atomic mass is 9.98. The zero-order valence-corrected chi connectivity index (χ0v) is 18.5. The molecule has 0 spiro atoms. The number of amides is 5. The fourth-order valence-electron chi connectivity index (χ4n) is 4.05. The van der Waals surface area contributed by atoms with Gasteiger partial charge >= 0.3 is 6.03 Å². The van der Waals surface area contributed by atoms with Gasteiger partial charge in [-0.15, -0.1) is 0 Å². The predicted molar refractivity (Wildman–Crippen MR) is 120 cm³/mol. The molecule has 2 aliphatic heterocycles. The van der Waals surface area contributed by atoms with E-state index in [9.17, 15) is 24.3 Å². The van der Waals surface area contributed by atoms with Crippen molar-refractivity contribution in [2.45, 2.75) is 51.4 Å². The van der Waals surface area contributed by atoms with E-state index in [1.807, 2.05) is 12.1 Å². The first kappa shape index (κ1) is 22.5. The number of hydrogen-bond donors (Lipinski definition) is 4. The van der Waals surface area contributed by atoms with Gasteiger partial charge in [0.1, 0.15) is 6.04 Å². The Hall–Kier alpha value is -3.72. The van der Waals surface area contributed by atoms with Crippen LogP contribution in [0.2, 0.25) is 0 Å². The third-order valence-electron chi connectivity index (χ3n) is 5.87. The molecular formula is C24H26N4O5. The molecule has 9 heteroatoms. The van der Waals surface area contributed by atoms with E-state index in [0.29, 0.717) is 29.8 Å². The van der Waals surface area contributed by atoms with Gasteiger partial charge in [0.25, 0.3) is 5.91 Å². The van der Waals surface area contributed by atoms with Crippen LogP contribution in [-0.2, 0) is 28.3 Å². The molecule has 172 valence electrons. The van der Waals surface area contributed by atoms with Crippen molar-refractivity contribution in [3.63, 3.8) is 0 Å². The van der Waals surface area contributed by atoms with E-state index >= 15 is 0 Å². The molecule has 0 aliphatic carbocycles. The maximum atomic E-state index is 12.9. The highest BCUT2D eigenvalue weighted by atomic mass is 16.3. The quantitative estimate of drug-likeness (QED) is 0.518. The maximum absolute atomic E-state index is 12.9. The van der Waals surface area contributed by atoms with Crippen molar-refractivity contribution in [3.05, 3.63) is 64.7 Å². The summed E-state index contributed by atoms with van der Waals surface area (Å²) in [5, 5.41) is 17.9. The summed E-state index contributed by atoms with van der Waals surface area (Å²) < 4.78 is 0. The smallest absolute Gasteiger partial charge is 0.319 e. The topological polar surface area (TPSA) is 128 Å². The standard InChI is InChI=1S/C24H26N4O5/c1-24(2,33)16-4-3-5-17(11-16)26-23(32)25-12-14-6-7-15-13-28(22(31)18(15)10-14)19-8-9-20(29)27-21(19)30/h3-7,10-11,19,33H,8-9,12-13H2,1-2H3,(H2,25,26,32)(H,27,29,30). The summed E-state index contributed by atoms with van der Waals surface area (Å²) in [4.78, 5) is 50.3. The van der Waals surface area contributed by atoms with Crippen LogP contribution in [0, 0.1) is 0 Å². The molecule has 4 N–H and O–H groups in total. The van der Waals surface area contributed by atoms with Crippen molar-refractivity contribution in [2.24, 2.45) is 0 Å². The summed E-state index contributed by atoms with van der Waals surface area (Å²) in [6, 6.07) is 11.3. The lowest BCUT2D eigenvalue weighted by molar-refractivity contribution is -0.136. The van der Waals surface area contributed by atoms with Crippen molar-refractivity contribution >= 4 is 29.4 Å². The minimum Gasteiger partial charge on any atom is -0.386 e. The van der Waals surface area contributed by atoms with Crippen molar-refractivity contribution in [3.8, 4) is 0 Å². The Morgan fingerprint density at radius 3 is 2.70 bits per heavy atom. The number of fused-ring (bicyclic) bond motifs is 1. The number of benzene rings is 2. The third kappa shape index (κ3) is 4.88. The Morgan fingerprint density at radius 2 is 1.97 bits per heavy atom. The number of hydrogen-bond acceptors (Lipinski definition) is 5. The number of imide groups is 1. The van der Waals surface area contributed by atoms with E-state index in [2.05, 4.69) is 16.0 Å². The van der Waals surface area contributed by atoms with Crippen LogP contribution in [0.25, 0.3) is 0 Å². The highest BCUT2D eigenvalue weighted by molar-refractivity contribution is 6.05. The van der Waals surface area contributed by atoms with Gasteiger partial charge in [0.2, 0.25) is 11.8 Å². The Kier molecular flexibility index (Phi) is 5.90. The van der Waals surface area contributed by atoms with Crippen LogP contribution in [0.4, 0.5) is 10.5 Å². The van der Waals surface area contributed by atoms with E-state index < -0.39 is 23.6 Å². The molecule has 1 fully saturated rings. The highest BCUT2D eigenvalue weighted by Gasteiger charge is 2.39. The van der Waals surface area contributed by atoms with Gasteiger partial charge < -0.3 is 20.6 Å². The molecule has 2 aromatic carbocycles. The van der Waals surface area contributed by atoms with Gasteiger partial charge in [-0.05, 0) is 55.2 Å². The number of carbonyl (C=O) groups is 4. The molecular weight excluding hydrogens is 424 g/mol. The minimum absolute atomic E-state index is 0.204. The molecule has 33 heavy (non-hydrogen) atoms. The first-order valence-electron chi connectivity index (χ1n) is 10.8. The van der Waals surface area contributed by atoms with Crippen LogP contribution in [0.5, 0.6) is 0 Å². The minimum atomic E-state index is -1.02. The van der Waals surface area contributed by atoms with Crippen LogP contribution >= 0.6 is 0 Å². The Morgan fingerprint density at radius 1 is 1.18 bits per heavy atom. The van der Waals surface area contributed by atoms with E-state index in [4.69, 9.17) is 0 Å². The largest absolute Gasteiger partial charge is 0.386 e. The van der Waals surface area contributed by atoms with Crippen molar-refractivity contribution in [1.29, 1.82) is 0 Å². The number of aliphatic hydroxyl groups is 1. The molecule has 2 aliphatic rings. The molecule has 0 bridgehead atoms. The molecule has 2 aromatic rings. The molecule has 9 nitrogen and oxygen atoms in total. The summed E-state index contributed by atoms with van der Waals surface area (Å²) in [6.07, 6.45) is 0.521. The number of nitrogens with zero attached hydrogens (tertiary/aromatic N) is 1. The molecule has 1 atom stereocenters. The Bertz CT molecular complexity index is 1140. The zero-order valence-electron chi connectivity index (χ0n) is 18.5. The predicted octanol–water partition coefficient (Wildman–Crippen LogP) is 2.00.